The van der Waals surface area contributed by atoms with Crippen LogP contribution >= 0.6 is 0 Å². The van der Waals surface area contributed by atoms with Crippen LogP contribution in [0.2, 0.25) is 0 Å². The molecule has 3 nitrogen and oxygen atoms in total. The predicted molar refractivity (Wildman–Crippen MR) is 64.2 cm³/mol. The monoisotopic (exact) mass is 220 g/mol. The third-order valence-electron chi connectivity index (χ3n) is 2.95. The third-order valence-corrected chi connectivity index (χ3v) is 2.95. The van der Waals surface area contributed by atoms with Crippen molar-refractivity contribution in [2.24, 2.45) is 5.92 Å². The molecule has 3 heteroatoms. The van der Waals surface area contributed by atoms with E-state index >= 15 is 0 Å². The molecular formula is C13H20N2O. The molecule has 0 radical (unpaired) electrons. The molecule has 2 heterocycles. The maximum absolute atomic E-state index is 5.71. The van der Waals surface area contributed by atoms with Crippen molar-refractivity contribution in [1.82, 2.24) is 10.3 Å². The second-order valence-corrected chi connectivity index (χ2v) is 4.50. The molecule has 88 valence electrons. The summed E-state index contributed by atoms with van der Waals surface area (Å²) in [4.78, 5) is 4.42. The smallest absolute Gasteiger partial charge is 0.0888 e. The number of aryl methyl sites for hydroxylation is 1. The molecule has 0 aliphatic carbocycles. The van der Waals surface area contributed by atoms with E-state index in [0.717, 1.165) is 31.1 Å². The van der Waals surface area contributed by atoms with E-state index in [9.17, 15) is 0 Å². The van der Waals surface area contributed by atoms with Crippen molar-refractivity contribution < 1.29 is 4.74 Å². The normalized spacial score (nSPS) is 20.9. The van der Waals surface area contributed by atoms with E-state index in [1.165, 1.54) is 12.8 Å². The Labute approximate surface area is 97.2 Å². The molecule has 1 unspecified atom stereocenters. The molecule has 2 rings (SSSR count). The highest BCUT2D eigenvalue weighted by molar-refractivity contribution is 5.08. The molecule has 1 aromatic rings. The topological polar surface area (TPSA) is 34.1 Å². The minimum atomic E-state index is 0.637. The highest BCUT2D eigenvalue weighted by Crippen LogP contribution is 2.11. The molecule has 1 N–H and O–H groups in total. The fourth-order valence-corrected chi connectivity index (χ4v) is 2.08. The molecule has 1 atom stereocenters. The Morgan fingerprint density at radius 2 is 2.44 bits per heavy atom. The first-order chi connectivity index (χ1) is 7.84. The van der Waals surface area contributed by atoms with Crippen LogP contribution in [-0.2, 0) is 11.3 Å². The molecule has 0 saturated carbocycles. The standard InChI is InChI=1S/C13H20N2O/c1-11-4-2-6-13(15-11)10-16-9-12-5-3-7-14-8-12/h2,4,6,12,14H,3,5,7-10H2,1H3. The van der Waals surface area contributed by atoms with Gasteiger partial charge >= 0.3 is 0 Å². The summed E-state index contributed by atoms with van der Waals surface area (Å²) in [6.07, 6.45) is 2.56. The van der Waals surface area contributed by atoms with Gasteiger partial charge in [0.15, 0.2) is 0 Å². The molecule has 0 spiro atoms. The maximum Gasteiger partial charge on any atom is 0.0888 e. The predicted octanol–water partition coefficient (Wildman–Crippen LogP) is 1.91. The van der Waals surface area contributed by atoms with Crippen molar-refractivity contribution in [3.05, 3.63) is 29.6 Å². The van der Waals surface area contributed by atoms with Gasteiger partial charge in [0.25, 0.3) is 0 Å². The Bertz CT molecular complexity index is 321. The summed E-state index contributed by atoms with van der Waals surface area (Å²) in [5.41, 5.74) is 2.09. The van der Waals surface area contributed by atoms with Gasteiger partial charge < -0.3 is 10.1 Å². The lowest BCUT2D eigenvalue weighted by Gasteiger charge is -2.22. The average Bonchev–Trinajstić information content (AvgIpc) is 2.30. The molecule has 0 bridgehead atoms. The van der Waals surface area contributed by atoms with Gasteiger partial charge in [0.05, 0.1) is 18.9 Å². The molecule has 16 heavy (non-hydrogen) atoms. The van der Waals surface area contributed by atoms with Gasteiger partial charge in [-0.25, -0.2) is 0 Å². The van der Waals surface area contributed by atoms with E-state index in [4.69, 9.17) is 4.74 Å². The van der Waals surface area contributed by atoms with Crippen LogP contribution in [0.15, 0.2) is 18.2 Å². The van der Waals surface area contributed by atoms with Crippen molar-refractivity contribution in [2.75, 3.05) is 19.7 Å². The number of pyridine rings is 1. The number of piperidine rings is 1. The molecular weight excluding hydrogens is 200 g/mol. The summed E-state index contributed by atoms with van der Waals surface area (Å²) in [5.74, 6) is 0.679. The number of ether oxygens (including phenoxy) is 1. The van der Waals surface area contributed by atoms with E-state index in [2.05, 4.69) is 10.3 Å². The molecule has 0 amide bonds. The SMILES string of the molecule is Cc1cccc(COCC2CCCNC2)n1. The summed E-state index contributed by atoms with van der Waals surface area (Å²) in [7, 11) is 0. The van der Waals surface area contributed by atoms with Gasteiger partial charge in [0.1, 0.15) is 0 Å². The van der Waals surface area contributed by atoms with Gasteiger partial charge in [-0.3, -0.25) is 4.98 Å². The zero-order chi connectivity index (χ0) is 11.2. The number of hydrogen-bond donors (Lipinski definition) is 1. The average molecular weight is 220 g/mol. The van der Waals surface area contributed by atoms with Crippen LogP contribution in [0.25, 0.3) is 0 Å². The molecule has 1 aliphatic rings. The van der Waals surface area contributed by atoms with Crippen molar-refractivity contribution in [1.29, 1.82) is 0 Å². The third kappa shape index (κ3) is 3.58. The molecule has 0 aromatic carbocycles. The summed E-state index contributed by atoms with van der Waals surface area (Å²) in [5, 5.41) is 3.40. The second kappa shape index (κ2) is 5.97. The number of hydrogen-bond acceptors (Lipinski definition) is 3. The van der Waals surface area contributed by atoms with E-state index in [0.29, 0.717) is 12.5 Å². The van der Waals surface area contributed by atoms with E-state index in [-0.39, 0.29) is 0 Å². The second-order valence-electron chi connectivity index (χ2n) is 4.50. The van der Waals surface area contributed by atoms with E-state index in [1.807, 2.05) is 25.1 Å². The minimum Gasteiger partial charge on any atom is -0.375 e. The summed E-state index contributed by atoms with van der Waals surface area (Å²) in [6.45, 7) is 5.76. The van der Waals surface area contributed by atoms with Gasteiger partial charge in [-0.05, 0) is 44.4 Å². The molecule has 1 fully saturated rings. The quantitative estimate of drug-likeness (QED) is 0.841. The Morgan fingerprint density at radius 1 is 1.50 bits per heavy atom. The number of aromatic nitrogens is 1. The van der Waals surface area contributed by atoms with Gasteiger partial charge in [0, 0.05) is 12.2 Å². The van der Waals surface area contributed by atoms with E-state index in [1.54, 1.807) is 0 Å². The van der Waals surface area contributed by atoms with Crippen LogP contribution < -0.4 is 5.32 Å². The summed E-state index contributed by atoms with van der Waals surface area (Å²) in [6, 6.07) is 6.06. The van der Waals surface area contributed by atoms with Crippen LogP contribution in [0.1, 0.15) is 24.2 Å². The fourth-order valence-electron chi connectivity index (χ4n) is 2.08. The Balaban J connectivity index is 1.71. The number of nitrogens with zero attached hydrogens (tertiary/aromatic N) is 1. The Morgan fingerprint density at radius 3 is 3.19 bits per heavy atom. The molecule has 1 aromatic heterocycles. The maximum atomic E-state index is 5.71. The molecule has 1 aliphatic heterocycles. The Kier molecular flexibility index (Phi) is 4.31. The summed E-state index contributed by atoms with van der Waals surface area (Å²) >= 11 is 0. The number of rotatable bonds is 4. The zero-order valence-corrected chi connectivity index (χ0v) is 9.91. The van der Waals surface area contributed by atoms with Crippen LogP contribution in [0.3, 0.4) is 0 Å². The van der Waals surface area contributed by atoms with Crippen molar-refractivity contribution in [3.63, 3.8) is 0 Å². The first-order valence-electron chi connectivity index (χ1n) is 6.05. The Hall–Kier alpha value is -0.930. The number of nitrogens with one attached hydrogen (secondary N) is 1. The van der Waals surface area contributed by atoms with Crippen LogP contribution in [0, 0.1) is 12.8 Å². The van der Waals surface area contributed by atoms with Gasteiger partial charge in [-0.1, -0.05) is 6.07 Å². The first kappa shape index (κ1) is 11.6. The van der Waals surface area contributed by atoms with Crippen molar-refractivity contribution >= 4 is 0 Å². The lowest BCUT2D eigenvalue weighted by molar-refractivity contribution is 0.0763. The lowest BCUT2D eigenvalue weighted by atomic mass is 10.0. The summed E-state index contributed by atoms with van der Waals surface area (Å²) < 4.78 is 5.71. The van der Waals surface area contributed by atoms with Gasteiger partial charge in [-0.15, -0.1) is 0 Å². The van der Waals surface area contributed by atoms with E-state index < -0.39 is 0 Å². The van der Waals surface area contributed by atoms with Crippen molar-refractivity contribution in [3.8, 4) is 0 Å². The van der Waals surface area contributed by atoms with Crippen LogP contribution in [0.5, 0.6) is 0 Å². The fraction of sp³-hybridized carbons (Fsp3) is 0.615. The van der Waals surface area contributed by atoms with Crippen LogP contribution in [0.4, 0.5) is 0 Å². The minimum absolute atomic E-state index is 0.637. The largest absolute Gasteiger partial charge is 0.375 e. The van der Waals surface area contributed by atoms with Gasteiger partial charge in [0.2, 0.25) is 0 Å². The van der Waals surface area contributed by atoms with Crippen molar-refractivity contribution in [2.45, 2.75) is 26.4 Å². The zero-order valence-electron chi connectivity index (χ0n) is 9.91. The highest BCUT2D eigenvalue weighted by Gasteiger charge is 2.12. The van der Waals surface area contributed by atoms with Gasteiger partial charge in [-0.2, -0.15) is 0 Å². The highest BCUT2D eigenvalue weighted by atomic mass is 16.5. The lowest BCUT2D eigenvalue weighted by Crippen LogP contribution is -2.32. The van der Waals surface area contributed by atoms with Crippen LogP contribution in [-0.4, -0.2) is 24.7 Å². The molecule has 1 saturated heterocycles. The first-order valence-corrected chi connectivity index (χ1v) is 6.05.